The lowest BCUT2D eigenvalue weighted by Gasteiger charge is -2.43. The highest BCUT2D eigenvalue weighted by atomic mass is 32.2. The van der Waals surface area contributed by atoms with E-state index in [1.165, 1.54) is 16.7 Å². The van der Waals surface area contributed by atoms with Crippen LogP contribution in [0.5, 0.6) is 0 Å². The number of hydrogen-bond donors (Lipinski definition) is 0. The van der Waals surface area contributed by atoms with Gasteiger partial charge in [0.05, 0.1) is 33.8 Å². The van der Waals surface area contributed by atoms with Gasteiger partial charge in [-0.3, -0.25) is 19.3 Å². The molecule has 28 heavy (non-hydrogen) atoms. The summed E-state index contributed by atoms with van der Waals surface area (Å²) >= 11 is 3.03. The molecule has 0 bridgehead atoms. The van der Waals surface area contributed by atoms with Gasteiger partial charge in [-0.15, -0.1) is 11.3 Å². The summed E-state index contributed by atoms with van der Waals surface area (Å²) in [4.78, 5) is 45.4. The van der Waals surface area contributed by atoms with E-state index in [4.69, 9.17) is 0 Å². The predicted octanol–water partition coefficient (Wildman–Crippen LogP) is 2.55. The number of benzene rings is 1. The maximum absolute atomic E-state index is 12.6. The number of para-hydroxylation sites is 1. The zero-order valence-electron chi connectivity index (χ0n) is 15.1. The fraction of sp³-hybridized carbons (Fsp3) is 0.400. The molecule has 1 aromatic heterocycles. The van der Waals surface area contributed by atoms with Crippen LogP contribution < -0.4 is 0 Å². The van der Waals surface area contributed by atoms with E-state index >= 15 is 0 Å². The van der Waals surface area contributed by atoms with Crippen molar-refractivity contribution in [3.05, 3.63) is 36.4 Å². The van der Waals surface area contributed by atoms with E-state index in [0.717, 1.165) is 14.6 Å². The number of allylic oxidation sites excluding steroid dienone is 2. The summed E-state index contributed by atoms with van der Waals surface area (Å²) in [5.41, 5.74) is 0.952. The standard InChI is InChI=1S/C20H19N3O3S2/c24-17(11-27-20-21-15-7-3-4-8-16(15)28-20)22-9-12(10-22)23-18(25)13-5-1-2-6-14(13)19(23)26/h1-4,7-8,12-14H,5-6,9-11H2. The van der Waals surface area contributed by atoms with Gasteiger partial charge in [-0.25, -0.2) is 4.98 Å². The highest BCUT2D eigenvalue weighted by Gasteiger charge is 2.52. The molecule has 2 aliphatic heterocycles. The molecule has 2 aromatic rings. The molecule has 0 spiro atoms. The van der Waals surface area contributed by atoms with Crippen LogP contribution >= 0.6 is 23.1 Å². The Morgan fingerprint density at radius 3 is 2.46 bits per heavy atom. The van der Waals surface area contributed by atoms with Crippen LogP contribution in [0.2, 0.25) is 0 Å². The van der Waals surface area contributed by atoms with Crippen LogP contribution in [-0.4, -0.2) is 57.4 Å². The molecule has 2 atom stereocenters. The smallest absolute Gasteiger partial charge is 0.233 e. The van der Waals surface area contributed by atoms with Crippen LogP contribution in [0.25, 0.3) is 10.2 Å². The van der Waals surface area contributed by atoms with Crippen molar-refractivity contribution in [1.29, 1.82) is 0 Å². The number of aromatic nitrogens is 1. The first kappa shape index (κ1) is 17.9. The minimum atomic E-state index is -0.197. The number of rotatable bonds is 4. The van der Waals surface area contributed by atoms with E-state index in [-0.39, 0.29) is 35.6 Å². The van der Waals surface area contributed by atoms with Gasteiger partial charge in [0.2, 0.25) is 17.7 Å². The van der Waals surface area contributed by atoms with Crippen LogP contribution in [0, 0.1) is 11.8 Å². The molecule has 3 aliphatic rings. The molecule has 1 aliphatic carbocycles. The number of amides is 3. The highest BCUT2D eigenvalue weighted by Crippen LogP contribution is 2.37. The third kappa shape index (κ3) is 2.95. The predicted molar refractivity (Wildman–Crippen MR) is 108 cm³/mol. The second kappa shape index (κ2) is 7.00. The fourth-order valence-corrected chi connectivity index (χ4v) is 6.11. The lowest BCUT2D eigenvalue weighted by Crippen LogP contribution is -2.62. The molecule has 1 aromatic carbocycles. The fourth-order valence-electron chi connectivity index (χ4n) is 4.14. The van der Waals surface area contributed by atoms with Crippen molar-refractivity contribution in [3.8, 4) is 0 Å². The lowest BCUT2D eigenvalue weighted by atomic mass is 9.85. The Bertz CT molecular complexity index is 936. The molecule has 2 unspecified atom stereocenters. The Morgan fingerprint density at radius 2 is 1.79 bits per heavy atom. The molecule has 2 fully saturated rings. The number of carbonyl (C=O) groups is 3. The molecule has 0 saturated carbocycles. The molecule has 0 radical (unpaired) electrons. The van der Waals surface area contributed by atoms with Crippen molar-refractivity contribution >= 4 is 51.0 Å². The second-order valence-corrected chi connectivity index (χ2v) is 9.64. The average Bonchev–Trinajstić information content (AvgIpc) is 3.20. The SMILES string of the molecule is O=C(CSc1nc2ccccc2s1)N1CC(N2C(=O)C3CC=CCC3C2=O)C1. The number of carbonyl (C=O) groups excluding carboxylic acids is 3. The van der Waals surface area contributed by atoms with Crippen molar-refractivity contribution in [3.63, 3.8) is 0 Å². The van der Waals surface area contributed by atoms with E-state index in [1.54, 1.807) is 16.2 Å². The van der Waals surface area contributed by atoms with Crippen LogP contribution in [0.15, 0.2) is 40.8 Å². The number of fused-ring (bicyclic) bond motifs is 2. The Labute approximate surface area is 170 Å². The van der Waals surface area contributed by atoms with Crippen molar-refractivity contribution < 1.29 is 14.4 Å². The largest absolute Gasteiger partial charge is 0.338 e. The second-order valence-electron chi connectivity index (χ2n) is 7.39. The first-order chi connectivity index (χ1) is 13.6. The van der Waals surface area contributed by atoms with Crippen molar-refractivity contribution in [2.75, 3.05) is 18.8 Å². The van der Waals surface area contributed by atoms with Gasteiger partial charge in [0.15, 0.2) is 4.34 Å². The molecular formula is C20H19N3O3S2. The van der Waals surface area contributed by atoms with Gasteiger partial charge >= 0.3 is 0 Å². The van der Waals surface area contributed by atoms with E-state index in [1.807, 2.05) is 36.4 Å². The van der Waals surface area contributed by atoms with Crippen molar-refractivity contribution in [2.24, 2.45) is 11.8 Å². The van der Waals surface area contributed by atoms with E-state index < -0.39 is 0 Å². The summed E-state index contributed by atoms with van der Waals surface area (Å²) in [5, 5.41) is 0. The summed E-state index contributed by atoms with van der Waals surface area (Å²) in [7, 11) is 0. The molecule has 5 rings (SSSR count). The van der Waals surface area contributed by atoms with E-state index in [9.17, 15) is 14.4 Å². The summed E-state index contributed by atoms with van der Waals surface area (Å²) in [6.45, 7) is 0.896. The molecule has 6 nitrogen and oxygen atoms in total. The highest BCUT2D eigenvalue weighted by molar-refractivity contribution is 8.01. The molecule has 3 heterocycles. The van der Waals surface area contributed by atoms with Gasteiger partial charge < -0.3 is 4.90 Å². The molecular weight excluding hydrogens is 394 g/mol. The van der Waals surface area contributed by atoms with Crippen LogP contribution in [0.1, 0.15) is 12.8 Å². The quantitative estimate of drug-likeness (QED) is 0.438. The summed E-state index contributed by atoms with van der Waals surface area (Å²) in [6.07, 6.45) is 5.29. The maximum Gasteiger partial charge on any atom is 0.233 e. The number of hydrogen-bond acceptors (Lipinski definition) is 6. The summed E-state index contributed by atoms with van der Waals surface area (Å²) in [6, 6.07) is 7.76. The third-order valence-corrected chi connectivity index (χ3v) is 7.88. The normalized spacial score (nSPS) is 24.7. The Morgan fingerprint density at radius 1 is 1.11 bits per heavy atom. The van der Waals surface area contributed by atoms with Gasteiger partial charge in [-0.2, -0.15) is 0 Å². The summed E-state index contributed by atoms with van der Waals surface area (Å²) < 4.78 is 2.00. The maximum atomic E-state index is 12.6. The number of imide groups is 1. The Balaban J connectivity index is 1.16. The van der Waals surface area contributed by atoms with Gasteiger partial charge in [0, 0.05) is 13.1 Å². The van der Waals surface area contributed by atoms with Crippen molar-refractivity contribution in [2.45, 2.75) is 23.2 Å². The van der Waals surface area contributed by atoms with Crippen LogP contribution in [0.3, 0.4) is 0 Å². The molecule has 0 N–H and O–H groups in total. The van der Waals surface area contributed by atoms with Crippen LogP contribution in [0.4, 0.5) is 0 Å². The number of nitrogens with zero attached hydrogens (tertiary/aromatic N) is 3. The minimum absolute atomic E-state index is 0.0266. The molecule has 144 valence electrons. The van der Waals surface area contributed by atoms with E-state index in [0.29, 0.717) is 31.7 Å². The zero-order chi connectivity index (χ0) is 19.3. The van der Waals surface area contributed by atoms with Crippen LogP contribution in [-0.2, 0) is 14.4 Å². The average molecular weight is 414 g/mol. The Hall–Kier alpha value is -2.19. The number of thiazole rings is 1. The zero-order valence-corrected chi connectivity index (χ0v) is 16.7. The van der Waals surface area contributed by atoms with Gasteiger partial charge in [-0.05, 0) is 25.0 Å². The monoisotopic (exact) mass is 413 g/mol. The third-order valence-electron chi connectivity index (χ3n) is 5.72. The molecule has 8 heteroatoms. The lowest BCUT2D eigenvalue weighted by molar-refractivity contribution is -0.151. The first-order valence-electron chi connectivity index (χ1n) is 9.40. The van der Waals surface area contributed by atoms with Gasteiger partial charge in [0.25, 0.3) is 0 Å². The first-order valence-corrected chi connectivity index (χ1v) is 11.2. The summed E-state index contributed by atoms with van der Waals surface area (Å²) in [5.74, 6) is -0.156. The minimum Gasteiger partial charge on any atom is -0.338 e. The van der Waals surface area contributed by atoms with E-state index in [2.05, 4.69) is 4.98 Å². The number of thioether (sulfide) groups is 1. The van der Waals surface area contributed by atoms with Gasteiger partial charge in [-0.1, -0.05) is 36.0 Å². The molecule has 2 saturated heterocycles. The Kier molecular flexibility index (Phi) is 4.47. The van der Waals surface area contributed by atoms with Crippen molar-refractivity contribution in [1.82, 2.24) is 14.8 Å². The van der Waals surface area contributed by atoms with Gasteiger partial charge in [0.1, 0.15) is 0 Å². The number of likely N-dealkylation sites (tertiary alicyclic amines) is 2. The molecule has 3 amide bonds. The topological polar surface area (TPSA) is 70.6 Å².